The van der Waals surface area contributed by atoms with Crippen LogP contribution in [0.5, 0.6) is 0 Å². The lowest BCUT2D eigenvalue weighted by atomic mass is 9.95. The van der Waals surface area contributed by atoms with Crippen LogP contribution < -0.4 is 0 Å². The van der Waals surface area contributed by atoms with Gasteiger partial charge in [-0.15, -0.1) is 0 Å². The summed E-state index contributed by atoms with van der Waals surface area (Å²) in [4.78, 5) is 0. The summed E-state index contributed by atoms with van der Waals surface area (Å²) in [5.74, 6) is 0.581. The Hall–Kier alpha value is -0.860. The summed E-state index contributed by atoms with van der Waals surface area (Å²) in [6.07, 6.45) is 1.83. The first-order valence-corrected chi connectivity index (χ1v) is 5.18. The summed E-state index contributed by atoms with van der Waals surface area (Å²) in [7, 11) is 0. The Balaban J connectivity index is 1.83. The Morgan fingerprint density at radius 1 is 1.14 bits per heavy atom. The zero-order chi connectivity index (χ0) is 9.60. The number of ether oxygens (including phenoxy) is 1. The predicted molar refractivity (Wildman–Crippen MR) is 53.1 cm³/mol. The lowest BCUT2D eigenvalue weighted by Gasteiger charge is -2.26. The Bertz CT molecular complexity index is 334. The van der Waals surface area contributed by atoms with Crippen molar-refractivity contribution in [2.75, 3.05) is 13.2 Å². The van der Waals surface area contributed by atoms with Gasteiger partial charge in [0.15, 0.2) is 0 Å². The summed E-state index contributed by atoms with van der Waals surface area (Å²) in [6, 6.07) is 8.36. The van der Waals surface area contributed by atoms with Crippen LogP contribution in [0.2, 0.25) is 0 Å². The molecule has 0 atom stereocenters. The van der Waals surface area contributed by atoms with E-state index in [1.165, 1.54) is 5.56 Å². The van der Waals surface area contributed by atoms with E-state index in [1.807, 2.05) is 0 Å². The van der Waals surface area contributed by atoms with Gasteiger partial charge in [0.1, 0.15) is 0 Å². The van der Waals surface area contributed by atoms with E-state index >= 15 is 0 Å². The second kappa shape index (κ2) is 2.81. The Morgan fingerprint density at radius 2 is 1.79 bits per heavy atom. The molecule has 1 aromatic carbocycles. The van der Waals surface area contributed by atoms with Gasteiger partial charge in [0.05, 0.1) is 18.8 Å². The zero-order valence-electron chi connectivity index (χ0n) is 8.07. The number of aliphatic hydroxyl groups is 1. The van der Waals surface area contributed by atoms with Gasteiger partial charge in [-0.2, -0.15) is 0 Å². The first kappa shape index (κ1) is 8.45. The average Bonchev–Trinajstić information content (AvgIpc) is 2.83. The molecule has 0 bridgehead atoms. The fraction of sp³-hybridized carbons (Fsp3) is 0.500. The number of hydrogen-bond acceptors (Lipinski definition) is 2. The van der Waals surface area contributed by atoms with E-state index in [1.54, 1.807) is 0 Å². The second-order valence-electron chi connectivity index (χ2n) is 4.39. The first-order chi connectivity index (χ1) is 6.78. The van der Waals surface area contributed by atoms with E-state index in [0.29, 0.717) is 5.92 Å². The van der Waals surface area contributed by atoms with Crippen LogP contribution >= 0.6 is 0 Å². The molecule has 14 heavy (non-hydrogen) atoms. The maximum absolute atomic E-state index is 9.88. The third-order valence-electron chi connectivity index (χ3n) is 3.28. The lowest BCUT2D eigenvalue weighted by Crippen LogP contribution is -2.25. The second-order valence-corrected chi connectivity index (χ2v) is 4.39. The summed E-state index contributed by atoms with van der Waals surface area (Å²) >= 11 is 0. The standard InChI is InChI=1S/C12H14O2/c13-12(5-6-12)11-3-1-9(2-4-11)10-7-14-8-10/h1-4,10,13H,5-8H2. The molecule has 3 rings (SSSR count). The Morgan fingerprint density at radius 3 is 2.21 bits per heavy atom. The number of benzene rings is 1. The van der Waals surface area contributed by atoms with E-state index in [2.05, 4.69) is 24.3 Å². The quantitative estimate of drug-likeness (QED) is 0.770. The molecule has 1 saturated carbocycles. The van der Waals surface area contributed by atoms with E-state index in [-0.39, 0.29) is 0 Å². The van der Waals surface area contributed by atoms with Crippen molar-refractivity contribution in [3.63, 3.8) is 0 Å². The van der Waals surface area contributed by atoms with Gasteiger partial charge in [-0.1, -0.05) is 24.3 Å². The van der Waals surface area contributed by atoms with Gasteiger partial charge >= 0.3 is 0 Å². The van der Waals surface area contributed by atoms with Gasteiger partial charge in [-0.05, 0) is 24.0 Å². The van der Waals surface area contributed by atoms with Crippen LogP contribution in [0.4, 0.5) is 0 Å². The van der Waals surface area contributed by atoms with Gasteiger partial charge in [0, 0.05) is 5.92 Å². The summed E-state index contributed by atoms with van der Waals surface area (Å²) in [5.41, 5.74) is 1.92. The van der Waals surface area contributed by atoms with Crippen LogP contribution in [0, 0.1) is 0 Å². The van der Waals surface area contributed by atoms with E-state index < -0.39 is 5.60 Å². The van der Waals surface area contributed by atoms with Crippen molar-refractivity contribution in [1.82, 2.24) is 0 Å². The topological polar surface area (TPSA) is 29.5 Å². The smallest absolute Gasteiger partial charge is 0.0899 e. The Kier molecular flexibility index (Phi) is 1.70. The molecule has 0 aromatic heterocycles. The summed E-state index contributed by atoms with van der Waals surface area (Å²) in [6.45, 7) is 1.70. The summed E-state index contributed by atoms with van der Waals surface area (Å²) < 4.78 is 5.15. The molecule has 1 aliphatic carbocycles. The van der Waals surface area contributed by atoms with E-state index in [0.717, 1.165) is 31.6 Å². The fourth-order valence-electron chi connectivity index (χ4n) is 1.90. The molecule has 1 heterocycles. The van der Waals surface area contributed by atoms with Gasteiger partial charge in [-0.25, -0.2) is 0 Å². The van der Waals surface area contributed by atoms with E-state index in [9.17, 15) is 5.11 Å². The highest BCUT2D eigenvalue weighted by atomic mass is 16.5. The average molecular weight is 190 g/mol. The highest BCUT2D eigenvalue weighted by Gasteiger charge is 2.41. The third-order valence-corrected chi connectivity index (χ3v) is 3.28. The van der Waals surface area contributed by atoms with Gasteiger partial charge < -0.3 is 9.84 Å². The molecule has 1 aliphatic heterocycles. The minimum Gasteiger partial charge on any atom is -0.385 e. The highest BCUT2D eigenvalue weighted by Crippen LogP contribution is 2.45. The molecule has 74 valence electrons. The molecule has 1 aromatic rings. The lowest BCUT2D eigenvalue weighted by molar-refractivity contribution is 0.00840. The van der Waals surface area contributed by atoms with Crippen LogP contribution in [0.25, 0.3) is 0 Å². The zero-order valence-corrected chi connectivity index (χ0v) is 8.07. The maximum Gasteiger partial charge on any atom is 0.0899 e. The van der Waals surface area contributed by atoms with Crippen molar-refractivity contribution in [2.45, 2.75) is 24.4 Å². The SMILES string of the molecule is OC1(c2ccc(C3COC3)cc2)CC1. The van der Waals surface area contributed by atoms with Crippen molar-refractivity contribution in [2.24, 2.45) is 0 Å². The number of hydrogen-bond donors (Lipinski definition) is 1. The van der Waals surface area contributed by atoms with Crippen LogP contribution in [-0.4, -0.2) is 18.3 Å². The van der Waals surface area contributed by atoms with Crippen LogP contribution in [-0.2, 0) is 10.3 Å². The van der Waals surface area contributed by atoms with E-state index in [4.69, 9.17) is 4.74 Å². The van der Waals surface area contributed by atoms with Crippen molar-refractivity contribution in [1.29, 1.82) is 0 Å². The van der Waals surface area contributed by atoms with Crippen LogP contribution in [0.3, 0.4) is 0 Å². The van der Waals surface area contributed by atoms with Gasteiger partial charge in [0.25, 0.3) is 0 Å². The van der Waals surface area contributed by atoms with Crippen LogP contribution in [0.15, 0.2) is 24.3 Å². The maximum atomic E-state index is 9.88. The van der Waals surface area contributed by atoms with Crippen molar-refractivity contribution >= 4 is 0 Å². The molecule has 0 radical (unpaired) electrons. The fourth-order valence-corrected chi connectivity index (χ4v) is 1.90. The Labute approximate surface area is 83.5 Å². The molecular formula is C12H14O2. The van der Waals surface area contributed by atoms with Crippen molar-refractivity contribution < 1.29 is 9.84 Å². The first-order valence-electron chi connectivity index (χ1n) is 5.18. The van der Waals surface area contributed by atoms with Crippen LogP contribution in [0.1, 0.15) is 29.9 Å². The molecule has 0 amide bonds. The molecule has 2 heteroatoms. The highest BCUT2D eigenvalue weighted by molar-refractivity contribution is 5.32. The number of rotatable bonds is 2. The molecule has 2 fully saturated rings. The molecular weight excluding hydrogens is 176 g/mol. The molecule has 2 aliphatic rings. The van der Waals surface area contributed by atoms with Gasteiger partial charge in [0.2, 0.25) is 0 Å². The minimum atomic E-state index is -0.491. The predicted octanol–water partition coefficient (Wildman–Crippen LogP) is 1.78. The normalized spacial score (nSPS) is 24.4. The molecule has 2 nitrogen and oxygen atoms in total. The molecule has 0 unspecified atom stereocenters. The monoisotopic (exact) mass is 190 g/mol. The van der Waals surface area contributed by atoms with Crippen molar-refractivity contribution in [3.05, 3.63) is 35.4 Å². The summed E-state index contributed by atoms with van der Waals surface area (Å²) in [5, 5.41) is 9.88. The minimum absolute atomic E-state index is 0.491. The molecule has 0 spiro atoms. The molecule has 1 saturated heterocycles. The molecule has 1 N–H and O–H groups in total. The van der Waals surface area contributed by atoms with Gasteiger partial charge in [-0.3, -0.25) is 0 Å². The van der Waals surface area contributed by atoms with Crippen molar-refractivity contribution in [3.8, 4) is 0 Å². The largest absolute Gasteiger partial charge is 0.385 e. The third kappa shape index (κ3) is 1.26.